The molecule has 0 radical (unpaired) electrons. The lowest BCUT2D eigenvalue weighted by Gasteiger charge is -2.36. The van der Waals surface area contributed by atoms with Gasteiger partial charge in [0, 0.05) is 25.7 Å². The standard InChI is InChI=1S/C20H23N3O4.ClH/c1-2-15-7-9-16(10-8-15)18-13-21-11-12-22(18)20(24)14-27-19-6-4-3-5-17(19)23(25)26;/h3-10,18,21H,2,11-14H2,1H3;1H. The van der Waals surface area contributed by atoms with Crippen molar-refractivity contribution in [2.45, 2.75) is 19.4 Å². The van der Waals surface area contributed by atoms with Gasteiger partial charge in [0.2, 0.25) is 0 Å². The lowest BCUT2D eigenvalue weighted by atomic mass is 10.0. The smallest absolute Gasteiger partial charge is 0.310 e. The number of nitro groups is 1. The molecule has 0 aliphatic carbocycles. The number of carbonyl (C=O) groups excluding carboxylic acids is 1. The topological polar surface area (TPSA) is 84.7 Å². The summed E-state index contributed by atoms with van der Waals surface area (Å²) in [5, 5.41) is 14.4. The molecule has 1 amide bonds. The van der Waals surface area contributed by atoms with Crippen LogP contribution in [0.5, 0.6) is 5.75 Å². The van der Waals surface area contributed by atoms with E-state index in [-0.39, 0.29) is 42.4 Å². The second-order valence-corrected chi connectivity index (χ2v) is 6.42. The summed E-state index contributed by atoms with van der Waals surface area (Å²) < 4.78 is 5.48. The van der Waals surface area contributed by atoms with Crippen LogP contribution >= 0.6 is 12.4 Å². The Balaban J connectivity index is 0.00000280. The first-order chi connectivity index (χ1) is 13.1. The van der Waals surface area contributed by atoms with Gasteiger partial charge < -0.3 is 15.0 Å². The summed E-state index contributed by atoms with van der Waals surface area (Å²) in [6.07, 6.45) is 0.968. The van der Waals surface area contributed by atoms with Gasteiger partial charge in [-0.3, -0.25) is 14.9 Å². The minimum absolute atomic E-state index is 0. The molecule has 1 saturated heterocycles. The molecule has 8 heteroatoms. The monoisotopic (exact) mass is 405 g/mol. The molecule has 7 nitrogen and oxygen atoms in total. The van der Waals surface area contributed by atoms with Crippen LogP contribution in [0.3, 0.4) is 0 Å². The second-order valence-electron chi connectivity index (χ2n) is 6.42. The first-order valence-corrected chi connectivity index (χ1v) is 9.05. The van der Waals surface area contributed by atoms with Gasteiger partial charge in [0.05, 0.1) is 11.0 Å². The number of nitro benzene ring substituents is 1. The van der Waals surface area contributed by atoms with Gasteiger partial charge in [-0.25, -0.2) is 0 Å². The highest BCUT2D eigenvalue weighted by Gasteiger charge is 2.28. The van der Waals surface area contributed by atoms with Crippen LogP contribution in [0, 0.1) is 10.1 Å². The average molecular weight is 406 g/mol. The molecule has 1 aliphatic heterocycles. The van der Waals surface area contributed by atoms with E-state index < -0.39 is 4.92 Å². The Labute approximate surface area is 170 Å². The predicted molar refractivity (Wildman–Crippen MR) is 109 cm³/mol. The molecule has 2 aromatic carbocycles. The van der Waals surface area contributed by atoms with Crippen molar-refractivity contribution in [3.05, 3.63) is 69.8 Å². The van der Waals surface area contributed by atoms with E-state index >= 15 is 0 Å². The van der Waals surface area contributed by atoms with E-state index in [0.29, 0.717) is 19.6 Å². The van der Waals surface area contributed by atoms with Gasteiger partial charge in [0.1, 0.15) is 0 Å². The molecule has 0 bridgehead atoms. The number of piperazine rings is 1. The number of aryl methyl sites for hydroxylation is 1. The van der Waals surface area contributed by atoms with Crippen molar-refractivity contribution in [3.63, 3.8) is 0 Å². The van der Waals surface area contributed by atoms with Crippen molar-refractivity contribution in [1.29, 1.82) is 0 Å². The molecule has 0 aromatic heterocycles. The molecule has 1 aliphatic rings. The summed E-state index contributed by atoms with van der Waals surface area (Å²) >= 11 is 0. The van der Waals surface area contributed by atoms with E-state index in [9.17, 15) is 14.9 Å². The zero-order valence-corrected chi connectivity index (χ0v) is 16.5. The lowest BCUT2D eigenvalue weighted by Crippen LogP contribution is -2.50. The molecule has 1 unspecified atom stereocenters. The Morgan fingerprint density at radius 2 is 1.96 bits per heavy atom. The summed E-state index contributed by atoms with van der Waals surface area (Å²) in [5.41, 5.74) is 2.18. The van der Waals surface area contributed by atoms with Gasteiger partial charge >= 0.3 is 5.69 Å². The lowest BCUT2D eigenvalue weighted by molar-refractivity contribution is -0.385. The van der Waals surface area contributed by atoms with Gasteiger partial charge in [-0.1, -0.05) is 43.3 Å². The molecular weight excluding hydrogens is 382 g/mol. The molecule has 1 atom stereocenters. The van der Waals surface area contributed by atoms with Gasteiger partial charge in [-0.15, -0.1) is 12.4 Å². The fourth-order valence-electron chi connectivity index (χ4n) is 3.23. The first kappa shape index (κ1) is 21.7. The van der Waals surface area contributed by atoms with Crippen LogP contribution in [-0.4, -0.2) is 42.0 Å². The van der Waals surface area contributed by atoms with Crippen LogP contribution in [0.25, 0.3) is 0 Å². The maximum Gasteiger partial charge on any atom is 0.310 e. The number of benzene rings is 2. The number of ether oxygens (including phenoxy) is 1. The van der Waals surface area contributed by atoms with Crippen molar-refractivity contribution in [3.8, 4) is 5.75 Å². The summed E-state index contributed by atoms with van der Waals surface area (Å²) in [4.78, 5) is 25.1. The Hall–Kier alpha value is -2.64. The maximum absolute atomic E-state index is 12.8. The quantitative estimate of drug-likeness (QED) is 0.589. The second kappa shape index (κ2) is 10.1. The van der Waals surface area contributed by atoms with E-state index in [2.05, 4.69) is 36.5 Å². The SMILES string of the molecule is CCc1ccc(C2CNCCN2C(=O)COc2ccccc2[N+](=O)[O-])cc1.Cl. The van der Waals surface area contributed by atoms with E-state index in [0.717, 1.165) is 12.0 Å². The fourth-order valence-corrected chi connectivity index (χ4v) is 3.23. The van der Waals surface area contributed by atoms with Crippen molar-refractivity contribution in [2.24, 2.45) is 0 Å². The number of hydrogen-bond acceptors (Lipinski definition) is 5. The van der Waals surface area contributed by atoms with Gasteiger partial charge in [-0.2, -0.15) is 0 Å². The molecule has 0 saturated carbocycles. The zero-order chi connectivity index (χ0) is 19.2. The van der Waals surface area contributed by atoms with Crippen LogP contribution < -0.4 is 10.1 Å². The Morgan fingerprint density at radius 1 is 1.25 bits per heavy atom. The number of halogens is 1. The number of hydrogen-bond donors (Lipinski definition) is 1. The minimum Gasteiger partial charge on any atom is -0.477 e. The molecule has 1 heterocycles. The summed E-state index contributed by atoms with van der Waals surface area (Å²) in [6, 6.07) is 14.3. The van der Waals surface area contributed by atoms with Crippen LogP contribution in [0.4, 0.5) is 5.69 Å². The Morgan fingerprint density at radius 3 is 2.64 bits per heavy atom. The third-order valence-corrected chi connectivity index (χ3v) is 4.75. The summed E-state index contributed by atoms with van der Waals surface area (Å²) in [7, 11) is 0. The molecule has 28 heavy (non-hydrogen) atoms. The maximum atomic E-state index is 12.8. The van der Waals surface area contributed by atoms with Crippen LogP contribution in [0.1, 0.15) is 24.1 Å². The zero-order valence-electron chi connectivity index (χ0n) is 15.7. The van der Waals surface area contributed by atoms with E-state index in [1.807, 2.05) is 0 Å². The highest BCUT2D eigenvalue weighted by molar-refractivity contribution is 5.85. The average Bonchev–Trinajstić information content (AvgIpc) is 2.72. The summed E-state index contributed by atoms with van der Waals surface area (Å²) in [6.45, 7) is 3.82. The van der Waals surface area contributed by atoms with Crippen molar-refractivity contribution in [2.75, 3.05) is 26.2 Å². The van der Waals surface area contributed by atoms with Crippen LogP contribution in [0.2, 0.25) is 0 Å². The molecule has 0 spiro atoms. The third-order valence-electron chi connectivity index (χ3n) is 4.75. The van der Waals surface area contributed by atoms with Crippen LogP contribution in [-0.2, 0) is 11.2 Å². The highest BCUT2D eigenvalue weighted by atomic mass is 35.5. The molecule has 3 rings (SSSR count). The Kier molecular flexibility index (Phi) is 7.78. The van der Waals surface area contributed by atoms with E-state index in [1.54, 1.807) is 17.0 Å². The largest absolute Gasteiger partial charge is 0.477 e. The van der Waals surface area contributed by atoms with Crippen molar-refractivity contribution >= 4 is 24.0 Å². The number of amides is 1. The number of rotatable bonds is 6. The first-order valence-electron chi connectivity index (χ1n) is 9.05. The third kappa shape index (κ3) is 4.99. The predicted octanol–water partition coefficient (Wildman–Crippen LogP) is 3.13. The van der Waals surface area contributed by atoms with Crippen molar-refractivity contribution in [1.82, 2.24) is 10.2 Å². The normalized spacial score (nSPS) is 16.2. The number of para-hydroxylation sites is 2. The number of nitrogens with one attached hydrogen (secondary N) is 1. The minimum atomic E-state index is -0.511. The number of carbonyl (C=O) groups is 1. The van der Waals surface area contributed by atoms with E-state index in [1.165, 1.54) is 17.7 Å². The van der Waals surface area contributed by atoms with Crippen LogP contribution in [0.15, 0.2) is 48.5 Å². The molecule has 150 valence electrons. The molecule has 1 fully saturated rings. The van der Waals surface area contributed by atoms with Gasteiger partial charge in [0.15, 0.2) is 12.4 Å². The van der Waals surface area contributed by atoms with E-state index in [4.69, 9.17) is 4.74 Å². The van der Waals surface area contributed by atoms with Gasteiger partial charge in [0.25, 0.3) is 5.91 Å². The molecule has 2 aromatic rings. The summed E-state index contributed by atoms with van der Waals surface area (Å²) in [5.74, 6) is -0.0750. The molecular formula is C20H24ClN3O4. The fraction of sp³-hybridized carbons (Fsp3) is 0.350. The van der Waals surface area contributed by atoms with Crippen molar-refractivity contribution < 1.29 is 14.5 Å². The highest BCUT2D eigenvalue weighted by Crippen LogP contribution is 2.27. The Bertz CT molecular complexity index is 813. The van der Waals surface area contributed by atoms with Gasteiger partial charge in [-0.05, 0) is 23.6 Å². The number of nitrogens with zero attached hydrogens (tertiary/aromatic N) is 2. The molecule has 1 N–H and O–H groups in total.